The fourth-order valence-electron chi connectivity index (χ4n) is 5.57. The van der Waals surface area contributed by atoms with Crippen LogP contribution < -0.4 is 36.1 Å². The molecule has 3 fully saturated rings. The van der Waals surface area contributed by atoms with Crippen LogP contribution in [0.1, 0.15) is 50.1 Å². The number of ether oxygens (including phenoxy) is 2. The first-order chi connectivity index (χ1) is 21.0. The zero-order valence-electron chi connectivity index (χ0n) is 24.3. The molecule has 2 saturated heterocycles. The van der Waals surface area contributed by atoms with E-state index in [0.717, 1.165) is 47.9 Å². The van der Waals surface area contributed by atoms with E-state index in [-0.39, 0.29) is 24.0 Å². The van der Waals surface area contributed by atoms with Crippen molar-refractivity contribution in [3.05, 3.63) is 54.2 Å². The number of nitrogens with one attached hydrogen (secondary N) is 6. The third-order valence-corrected chi connectivity index (χ3v) is 9.47. The van der Waals surface area contributed by atoms with Gasteiger partial charge < -0.3 is 36.1 Å². The number of hydrogen-bond donors (Lipinski definition) is 6. The molecule has 2 aliphatic heterocycles. The van der Waals surface area contributed by atoms with E-state index in [1.807, 2.05) is 54.2 Å². The number of anilines is 4. The number of fused-ring (bicyclic) bond motifs is 1. The second kappa shape index (κ2) is 13.5. The van der Waals surface area contributed by atoms with Crippen LogP contribution in [0.4, 0.5) is 27.7 Å². The lowest BCUT2D eigenvalue weighted by molar-refractivity contribution is -0.121. The number of methoxy groups -OCH3 is 1. The van der Waals surface area contributed by atoms with Gasteiger partial charge in [-0.1, -0.05) is 12.5 Å². The molecule has 1 aliphatic carbocycles. The quantitative estimate of drug-likeness (QED) is 0.105. The van der Waals surface area contributed by atoms with Gasteiger partial charge in [0.15, 0.2) is 17.3 Å². The first-order valence-corrected chi connectivity index (χ1v) is 16.0. The molecule has 43 heavy (non-hydrogen) atoms. The minimum Gasteiger partial charge on any atom is -0.493 e. The van der Waals surface area contributed by atoms with Crippen molar-refractivity contribution in [2.24, 2.45) is 0 Å². The summed E-state index contributed by atoms with van der Waals surface area (Å²) in [7, 11) is 1.61. The van der Waals surface area contributed by atoms with Gasteiger partial charge in [-0.05, 0) is 56.0 Å². The number of carbonyl (C=O) groups excluding carboxylic acids is 2. The number of nitrogens with zero attached hydrogens (tertiary/aromatic N) is 1. The third kappa shape index (κ3) is 7.67. The summed E-state index contributed by atoms with van der Waals surface area (Å²) < 4.78 is 11.5. The number of unbranched alkanes of at least 4 members (excludes halogenated alkanes) is 1. The lowest BCUT2D eigenvalue weighted by Crippen LogP contribution is -2.36. The van der Waals surface area contributed by atoms with Crippen LogP contribution in [0.2, 0.25) is 0 Å². The van der Waals surface area contributed by atoms with Crippen molar-refractivity contribution >= 4 is 46.6 Å². The fraction of sp³-hybridized carbons (Fsp3) is 0.452. The van der Waals surface area contributed by atoms with Gasteiger partial charge in [-0.3, -0.25) is 9.89 Å². The number of carbonyl (C=O) groups is 2. The lowest BCUT2D eigenvalue weighted by atomic mass is 10.0. The van der Waals surface area contributed by atoms with Gasteiger partial charge in [-0.25, -0.2) is 4.79 Å². The molecule has 3 aromatic rings. The predicted molar refractivity (Wildman–Crippen MR) is 169 cm³/mol. The zero-order valence-corrected chi connectivity index (χ0v) is 25.1. The van der Waals surface area contributed by atoms with Crippen molar-refractivity contribution in [2.75, 3.05) is 36.6 Å². The van der Waals surface area contributed by atoms with Gasteiger partial charge in [0.1, 0.15) is 6.61 Å². The van der Waals surface area contributed by atoms with E-state index in [1.165, 1.54) is 18.5 Å². The van der Waals surface area contributed by atoms with Gasteiger partial charge in [-0.15, -0.1) is 0 Å². The van der Waals surface area contributed by atoms with Crippen LogP contribution in [0.5, 0.6) is 11.5 Å². The average molecular weight is 606 g/mol. The molecule has 0 radical (unpaired) electrons. The van der Waals surface area contributed by atoms with Crippen molar-refractivity contribution in [1.29, 1.82) is 0 Å². The first kappa shape index (κ1) is 29.0. The molecule has 0 bridgehead atoms. The molecule has 11 nitrogen and oxygen atoms in total. The molecule has 0 spiro atoms. The number of benzene rings is 2. The molecule has 2 aromatic carbocycles. The number of rotatable bonds is 15. The maximum Gasteiger partial charge on any atom is 0.315 e. The van der Waals surface area contributed by atoms with Crippen LogP contribution in [0.3, 0.4) is 0 Å². The number of aromatic nitrogens is 2. The minimum absolute atomic E-state index is 0.0234. The number of amides is 3. The summed E-state index contributed by atoms with van der Waals surface area (Å²) in [6.45, 7) is 0.757. The summed E-state index contributed by atoms with van der Waals surface area (Å²) in [6, 6.07) is 16.2. The van der Waals surface area contributed by atoms with Crippen LogP contribution in [-0.4, -0.2) is 65.5 Å². The molecule has 12 heteroatoms. The standard InChI is InChI=1S/C31H39N7O4S/c1-41-26-16-22(33-20-5-4-6-21(15-20)34-28-17-23(37-38-28)19-9-10-19)11-12-25(26)42-14-13-32-29(39)8-3-2-7-27-30-24(18-43-27)35-31(40)36-30/h4-6,11-12,15-17,19,24,27,30,33H,2-3,7-10,13-14,18H2,1H3,(H,32,39)(H2,34,37,38)(H2,35,36,40). The van der Waals surface area contributed by atoms with E-state index in [9.17, 15) is 9.59 Å². The van der Waals surface area contributed by atoms with E-state index in [0.29, 0.717) is 42.2 Å². The van der Waals surface area contributed by atoms with Crippen LogP contribution in [0, 0.1) is 0 Å². The Balaban J connectivity index is 0.904. The molecule has 228 valence electrons. The summed E-state index contributed by atoms with van der Waals surface area (Å²) in [5.74, 6) is 3.64. The predicted octanol–water partition coefficient (Wildman–Crippen LogP) is 5.00. The highest BCUT2D eigenvalue weighted by Gasteiger charge is 2.42. The minimum atomic E-state index is -0.0604. The first-order valence-electron chi connectivity index (χ1n) is 15.0. The Morgan fingerprint density at radius 1 is 1.02 bits per heavy atom. The maximum atomic E-state index is 12.3. The molecular weight excluding hydrogens is 566 g/mol. The highest BCUT2D eigenvalue weighted by molar-refractivity contribution is 8.00. The van der Waals surface area contributed by atoms with Gasteiger partial charge in [0.2, 0.25) is 5.91 Å². The van der Waals surface area contributed by atoms with Gasteiger partial charge in [-0.2, -0.15) is 16.9 Å². The Morgan fingerprint density at radius 2 is 1.86 bits per heavy atom. The van der Waals surface area contributed by atoms with Gasteiger partial charge in [0.25, 0.3) is 0 Å². The Hall–Kier alpha value is -4.06. The second-order valence-electron chi connectivity index (χ2n) is 11.2. The molecule has 6 rings (SSSR count). The summed E-state index contributed by atoms with van der Waals surface area (Å²) in [6.07, 6.45) is 5.74. The van der Waals surface area contributed by atoms with E-state index in [4.69, 9.17) is 9.47 Å². The van der Waals surface area contributed by atoms with Crippen molar-refractivity contribution in [3.63, 3.8) is 0 Å². The Bertz CT molecular complexity index is 1430. The number of thioether (sulfide) groups is 1. The van der Waals surface area contributed by atoms with Gasteiger partial charge in [0.05, 0.1) is 25.7 Å². The fourth-order valence-corrected chi connectivity index (χ4v) is 7.12. The van der Waals surface area contributed by atoms with E-state index < -0.39 is 0 Å². The smallest absolute Gasteiger partial charge is 0.315 e. The molecule has 1 saturated carbocycles. The Morgan fingerprint density at radius 3 is 2.70 bits per heavy atom. The molecule has 3 aliphatic rings. The molecule has 3 amide bonds. The summed E-state index contributed by atoms with van der Waals surface area (Å²) in [4.78, 5) is 23.8. The van der Waals surface area contributed by atoms with Gasteiger partial charge >= 0.3 is 6.03 Å². The number of urea groups is 1. The third-order valence-electron chi connectivity index (χ3n) is 7.96. The highest BCUT2D eigenvalue weighted by atomic mass is 32.2. The van der Waals surface area contributed by atoms with Crippen molar-refractivity contribution < 1.29 is 19.1 Å². The molecule has 6 N–H and O–H groups in total. The molecule has 3 unspecified atom stereocenters. The van der Waals surface area contributed by atoms with Crippen LogP contribution >= 0.6 is 11.8 Å². The van der Waals surface area contributed by atoms with Gasteiger partial charge in [0, 0.05) is 58.2 Å². The molecule has 3 atom stereocenters. The number of H-pyrrole nitrogens is 1. The Kier molecular flexibility index (Phi) is 9.11. The highest BCUT2D eigenvalue weighted by Crippen LogP contribution is 2.40. The molecule has 3 heterocycles. The topological polar surface area (TPSA) is 141 Å². The average Bonchev–Trinajstić information content (AvgIpc) is 3.47. The number of hydrogen-bond acceptors (Lipinski definition) is 8. The summed E-state index contributed by atoms with van der Waals surface area (Å²) >= 11 is 1.90. The van der Waals surface area contributed by atoms with Crippen molar-refractivity contribution in [3.8, 4) is 11.5 Å². The monoisotopic (exact) mass is 605 g/mol. The molecular formula is C31H39N7O4S. The summed E-state index contributed by atoms with van der Waals surface area (Å²) in [5, 5.41) is 23.6. The largest absolute Gasteiger partial charge is 0.493 e. The maximum absolute atomic E-state index is 12.3. The van der Waals surface area contributed by atoms with E-state index >= 15 is 0 Å². The Labute approximate surface area is 255 Å². The normalized spacial score (nSPS) is 20.6. The second-order valence-corrected chi connectivity index (χ2v) is 12.5. The van der Waals surface area contributed by atoms with E-state index in [1.54, 1.807) is 7.11 Å². The van der Waals surface area contributed by atoms with Crippen LogP contribution in [0.15, 0.2) is 48.5 Å². The van der Waals surface area contributed by atoms with Crippen LogP contribution in [-0.2, 0) is 4.79 Å². The lowest BCUT2D eigenvalue weighted by Gasteiger charge is -2.16. The van der Waals surface area contributed by atoms with Crippen molar-refractivity contribution in [1.82, 2.24) is 26.1 Å². The summed E-state index contributed by atoms with van der Waals surface area (Å²) in [5.41, 5.74) is 3.92. The SMILES string of the molecule is COc1cc(Nc2cccc(Nc3cc(C4CC4)[nH]n3)c2)ccc1OCCNC(=O)CCCCC1SCC2NC(=O)NC21. The number of aromatic amines is 1. The van der Waals surface area contributed by atoms with Crippen molar-refractivity contribution in [2.45, 2.75) is 61.8 Å². The van der Waals surface area contributed by atoms with E-state index in [2.05, 4.69) is 42.8 Å². The van der Waals surface area contributed by atoms with Crippen LogP contribution in [0.25, 0.3) is 0 Å². The molecule has 1 aromatic heterocycles. The zero-order chi connectivity index (χ0) is 29.6.